The second kappa shape index (κ2) is 6.93. The molecule has 19 heavy (non-hydrogen) atoms. The molecule has 4 unspecified atom stereocenters. The molecule has 3 aliphatic rings. The molecule has 0 aromatic heterocycles. The maximum absolute atomic E-state index is 6.29. The topological polar surface area (TPSA) is 9.23 Å². The molecule has 0 heterocycles. The van der Waals surface area contributed by atoms with E-state index in [1.54, 1.807) is 0 Å². The third-order valence-electron chi connectivity index (χ3n) is 5.79. The van der Waals surface area contributed by atoms with Gasteiger partial charge in [0.2, 0.25) is 0 Å². The van der Waals surface area contributed by atoms with E-state index in [-0.39, 0.29) is 0 Å². The van der Waals surface area contributed by atoms with E-state index in [4.69, 9.17) is 4.74 Å². The summed E-state index contributed by atoms with van der Waals surface area (Å²) in [4.78, 5) is 0.799. The normalized spacial score (nSPS) is 40.9. The van der Waals surface area contributed by atoms with Crippen molar-refractivity contribution in [3.05, 3.63) is 0 Å². The molecule has 0 aliphatic heterocycles. The van der Waals surface area contributed by atoms with Gasteiger partial charge in [-0.3, -0.25) is 0 Å². The lowest BCUT2D eigenvalue weighted by molar-refractivity contribution is -0.0304. The molecule has 1 nitrogen and oxygen atoms in total. The standard InChI is InChI=1S/C17H29BrO/c18-16-8-6-15-11-17(9-7-14(15)10-16)19-12-13-4-2-1-3-5-13/h13-17H,1-12H2. The first-order valence-electron chi connectivity index (χ1n) is 8.57. The van der Waals surface area contributed by atoms with E-state index < -0.39 is 0 Å². The molecule has 2 heteroatoms. The van der Waals surface area contributed by atoms with E-state index in [1.807, 2.05) is 0 Å². The molecular formula is C17H29BrO. The van der Waals surface area contributed by atoms with Crippen molar-refractivity contribution in [3.8, 4) is 0 Å². The van der Waals surface area contributed by atoms with Crippen molar-refractivity contribution in [3.63, 3.8) is 0 Å². The molecule has 3 fully saturated rings. The molecule has 3 saturated carbocycles. The van der Waals surface area contributed by atoms with Gasteiger partial charge in [0.25, 0.3) is 0 Å². The zero-order valence-electron chi connectivity index (χ0n) is 12.2. The van der Waals surface area contributed by atoms with Crippen LogP contribution in [-0.2, 0) is 4.74 Å². The molecule has 0 saturated heterocycles. The number of alkyl halides is 1. The van der Waals surface area contributed by atoms with Crippen LogP contribution >= 0.6 is 15.9 Å². The molecule has 0 bridgehead atoms. The van der Waals surface area contributed by atoms with Crippen LogP contribution in [0, 0.1) is 17.8 Å². The minimum Gasteiger partial charge on any atom is -0.378 e. The van der Waals surface area contributed by atoms with Gasteiger partial charge < -0.3 is 4.74 Å². The number of fused-ring (bicyclic) bond motifs is 1. The maximum atomic E-state index is 6.29. The van der Waals surface area contributed by atoms with Crippen molar-refractivity contribution < 1.29 is 4.74 Å². The highest BCUT2D eigenvalue weighted by Gasteiger charge is 2.35. The molecule has 0 amide bonds. The van der Waals surface area contributed by atoms with Crippen LogP contribution in [0.3, 0.4) is 0 Å². The Morgan fingerprint density at radius 3 is 2.37 bits per heavy atom. The van der Waals surface area contributed by atoms with Gasteiger partial charge in [0, 0.05) is 11.4 Å². The second-order valence-electron chi connectivity index (χ2n) is 7.20. The lowest BCUT2D eigenvalue weighted by Gasteiger charge is -2.41. The van der Waals surface area contributed by atoms with Crippen LogP contribution in [0.1, 0.15) is 70.6 Å². The van der Waals surface area contributed by atoms with Gasteiger partial charge in [-0.25, -0.2) is 0 Å². The average molecular weight is 329 g/mol. The molecule has 110 valence electrons. The average Bonchev–Trinajstić information content (AvgIpc) is 2.46. The summed E-state index contributed by atoms with van der Waals surface area (Å²) in [6, 6.07) is 0. The molecule has 0 aromatic rings. The van der Waals surface area contributed by atoms with Crippen LogP contribution in [0.25, 0.3) is 0 Å². The lowest BCUT2D eigenvalue weighted by Crippen LogP contribution is -2.35. The zero-order chi connectivity index (χ0) is 13.1. The molecule has 0 aromatic carbocycles. The third kappa shape index (κ3) is 3.97. The first-order chi connectivity index (χ1) is 9.31. The number of ether oxygens (including phenoxy) is 1. The molecule has 0 radical (unpaired) electrons. The van der Waals surface area contributed by atoms with Crippen LogP contribution in [0.4, 0.5) is 0 Å². The fourth-order valence-electron chi connectivity index (χ4n) is 4.57. The predicted octanol–water partition coefficient (Wildman–Crippen LogP) is 5.32. The van der Waals surface area contributed by atoms with Crippen molar-refractivity contribution in [1.82, 2.24) is 0 Å². The minimum atomic E-state index is 0.593. The summed E-state index contributed by atoms with van der Waals surface area (Å²) in [5.74, 6) is 2.84. The van der Waals surface area contributed by atoms with Crippen molar-refractivity contribution >= 4 is 15.9 Å². The molecule has 4 atom stereocenters. The van der Waals surface area contributed by atoms with Gasteiger partial charge in [-0.1, -0.05) is 35.2 Å². The fourth-order valence-corrected chi connectivity index (χ4v) is 5.31. The van der Waals surface area contributed by atoms with Gasteiger partial charge in [0.15, 0.2) is 0 Å². The predicted molar refractivity (Wildman–Crippen MR) is 83.7 cm³/mol. The quantitative estimate of drug-likeness (QED) is 0.637. The van der Waals surface area contributed by atoms with E-state index >= 15 is 0 Å². The number of hydrogen-bond donors (Lipinski definition) is 0. The monoisotopic (exact) mass is 328 g/mol. The summed E-state index contributed by atoms with van der Waals surface area (Å²) < 4.78 is 6.29. The highest BCUT2D eigenvalue weighted by Crippen LogP contribution is 2.43. The first-order valence-corrected chi connectivity index (χ1v) is 9.48. The van der Waals surface area contributed by atoms with Gasteiger partial charge in [-0.2, -0.15) is 0 Å². The van der Waals surface area contributed by atoms with E-state index in [9.17, 15) is 0 Å². The minimum absolute atomic E-state index is 0.593. The van der Waals surface area contributed by atoms with Crippen molar-refractivity contribution in [2.75, 3.05) is 6.61 Å². The number of hydrogen-bond acceptors (Lipinski definition) is 1. The first kappa shape index (κ1) is 14.4. The van der Waals surface area contributed by atoms with Crippen LogP contribution in [-0.4, -0.2) is 17.5 Å². The molecule has 3 aliphatic carbocycles. The Labute approximate surface area is 127 Å². The number of halogens is 1. The van der Waals surface area contributed by atoms with E-state index in [0.717, 1.165) is 29.2 Å². The van der Waals surface area contributed by atoms with Gasteiger partial charge >= 0.3 is 0 Å². The van der Waals surface area contributed by atoms with E-state index in [0.29, 0.717) is 6.10 Å². The van der Waals surface area contributed by atoms with Crippen LogP contribution < -0.4 is 0 Å². The van der Waals surface area contributed by atoms with Crippen LogP contribution in [0.15, 0.2) is 0 Å². The SMILES string of the molecule is BrC1CCC2CC(OCC3CCCCC3)CCC2C1. The van der Waals surface area contributed by atoms with Crippen LogP contribution in [0.2, 0.25) is 0 Å². The van der Waals surface area contributed by atoms with Crippen molar-refractivity contribution in [1.29, 1.82) is 0 Å². The number of rotatable bonds is 3. The Morgan fingerprint density at radius 1 is 0.789 bits per heavy atom. The summed E-state index contributed by atoms with van der Waals surface area (Å²) in [5, 5.41) is 0. The summed E-state index contributed by atoms with van der Waals surface area (Å²) >= 11 is 3.82. The van der Waals surface area contributed by atoms with Gasteiger partial charge in [0.1, 0.15) is 0 Å². The summed E-state index contributed by atoms with van der Waals surface area (Å²) in [6.07, 6.45) is 16.1. The largest absolute Gasteiger partial charge is 0.378 e. The van der Waals surface area contributed by atoms with Crippen molar-refractivity contribution in [2.24, 2.45) is 17.8 Å². The third-order valence-corrected chi connectivity index (χ3v) is 6.62. The highest BCUT2D eigenvalue weighted by atomic mass is 79.9. The Balaban J connectivity index is 1.41. The van der Waals surface area contributed by atoms with Gasteiger partial charge in [0.05, 0.1) is 6.10 Å². The Morgan fingerprint density at radius 2 is 1.53 bits per heavy atom. The van der Waals surface area contributed by atoms with Gasteiger partial charge in [-0.05, 0) is 69.1 Å². The summed E-state index contributed by atoms with van der Waals surface area (Å²) in [5.41, 5.74) is 0. The maximum Gasteiger partial charge on any atom is 0.0578 e. The lowest BCUT2D eigenvalue weighted by atomic mass is 9.70. The Bertz CT molecular complexity index is 274. The zero-order valence-corrected chi connectivity index (χ0v) is 13.7. The summed E-state index contributed by atoms with van der Waals surface area (Å²) in [7, 11) is 0. The van der Waals surface area contributed by atoms with Gasteiger partial charge in [-0.15, -0.1) is 0 Å². The van der Waals surface area contributed by atoms with Crippen LogP contribution in [0.5, 0.6) is 0 Å². The van der Waals surface area contributed by atoms with Crippen molar-refractivity contribution in [2.45, 2.75) is 81.6 Å². The fraction of sp³-hybridized carbons (Fsp3) is 1.00. The second-order valence-corrected chi connectivity index (χ2v) is 8.50. The molecule has 0 N–H and O–H groups in total. The summed E-state index contributed by atoms with van der Waals surface area (Å²) in [6.45, 7) is 1.06. The molecule has 0 spiro atoms. The molecular weight excluding hydrogens is 300 g/mol. The van der Waals surface area contributed by atoms with E-state index in [2.05, 4.69) is 15.9 Å². The Hall–Kier alpha value is 0.440. The smallest absolute Gasteiger partial charge is 0.0578 e. The molecule has 3 rings (SSSR count). The van der Waals surface area contributed by atoms with E-state index in [1.165, 1.54) is 70.6 Å². The Kier molecular flexibility index (Phi) is 5.25. The highest BCUT2D eigenvalue weighted by molar-refractivity contribution is 9.09.